The van der Waals surface area contributed by atoms with Gasteiger partial charge in [-0.2, -0.15) is 0 Å². The fraction of sp³-hybridized carbons (Fsp3) is 0.0476. The zero-order valence-corrected chi connectivity index (χ0v) is 13.1. The number of rotatable bonds is 6. The van der Waals surface area contributed by atoms with E-state index in [4.69, 9.17) is 4.74 Å². The molecule has 3 rings (SSSR count). The maximum absolute atomic E-state index is 12.0. The fourth-order valence-corrected chi connectivity index (χ4v) is 2.20. The number of carbonyl (C=O) groups excluding carboxylic acids is 1. The summed E-state index contributed by atoms with van der Waals surface area (Å²) in [5.41, 5.74) is 2.71. The third-order valence-corrected chi connectivity index (χ3v) is 3.52. The average molecular weight is 315 g/mol. The summed E-state index contributed by atoms with van der Waals surface area (Å²) < 4.78 is 5.74. The molecule has 3 nitrogen and oxygen atoms in total. The molecule has 0 unspecified atom stereocenters. The van der Waals surface area contributed by atoms with E-state index in [2.05, 4.69) is 4.98 Å². The van der Waals surface area contributed by atoms with Crippen LogP contribution in [0.5, 0.6) is 5.75 Å². The predicted molar refractivity (Wildman–Crippen MR) is 94.8 cm³/mol. The Morgan fingerprint density at radius 2 is 1.62 bits per heavy atom. The second kappa shape index (κ2) is 7.88. The zero-order chi connectivity index (χ0) is 16.6. The molecule has 0 amide bonds. The van der Waals surface area contributed by atoms with Crippen molar-refractivity contribution in [1.29, 1.82) is 0 Å². The van der Waals surface area contributed by atoms with Crippen molar-refractivity contribution >= 4 is 11.9 Å². The highest BCUT2D eigenvalue weighted by Crippen LogP contribution is 2.15. The van der Waals surface area contributed by atoms with Crippen LogP contribution in [0.25, 0.3) is 6.08 Å². The SMILES string of the molecule is O=C(/C=C/c1ccc(OCc2ccccc2)cc1)c1ccncc1. The van der Waals surface area contributed by atoms with Crippen LogP contribution in [0, 0.1) is 0 Å². The summed E-state index contributed by atoms with van der Waals surface area (Å²) in [7, 11) is 0. The summed E-state index contributed by atoms with van der Waals surface area (Å²) in [5.74, 6) is 0.762. The maximum Gasteiger partial charge on any atom is 0.185 e. The second-order valence-corrected chi connectivity index (χ2v) is 5.28. The van der Waals surface area contributed by atoms with Crippen molar-refractivity contribution in [2.75, 3.05) is 0 Å². The number of allylic oxidation sites excluding steroid dienone is 1. The van der Waals surface area contributed by atoms with E-state index in [1.807, 2.05) is 54.6 Å². The summed E-state index contributed by atoms with van der Waals surface area (Å²) in [6.45, 7) is 0.538. The van der Waals surface area contributed by atoms with E-state index in [1.54, 1.807) is 36.7 Å². The van der Waals surface area contributed by atoms with Crippen LogP contribution in [0.4, 0.5) is 0 Å². The summed E-state index contributed by atoms with van der Waals surface area (Å²) in [6, 6.07) is 21.1. The van der Waals surface area contributed by atoms with Gasteiger partial charge in [0.25, 0.3) is 0 Å². The molecular weight excluding hydrogens is 298 g/mol. The van der Waals surface area contributed by atoms with Gasteiger partial charge in [0.05, 0.1) is 0 Å². The smallest absolute Gasteiger partial charge is 0.185 e. The minimum atomic E-state index is -0.0400. The molecule has 0 radical (unpaired) electrons. The van der Waals surface area contributed by atoms with Crippen molar-refractivity contribution in [2.45, 2.75) is 6.61 Å². The fourth-order valence-electron chi connectivity index (χ4n) is 2.20. The Balaban J connectivity index is 1.58. The van der Waals surface area contributed by atoms with Gasteiger partial charge in [0.2, 0.25) is 0 Å². The third-order valence-electron chi connectivity index (χ3n) is 3.52. The number of ether oxygens (including phenoxy) is 1. The van der Waals surface area contributed by atoms with E-state index in [-0.39, 0.29) is 5.78 Å². The zero-order valence-electron chi connectivity index (χ0n) is 13.1. The summed E-state index contributed by atoms with van der Waals surface area (Å²) in [5, 5.41) is 0. The number of hydrogen-bond acceptors (Lipinski definition) is 3. The van der Waals surface area contributed by atoms with Crippen LogP contribution in [-0.4, -0.2) is 10.8 Å². The standard InChI is InChI=1S/C21H17NO2/c23-21(19-12-14-22-15-13-19)11-8-17-6-9-20(10-7-17)24-16-18-4-2-1-3-5-18/h1-15H,16H2/b11-8+. The lowest BCUT2D eigenvalue weighted by Gasteiger charge is -2.06. The van der Waals surface area contributed by atoms with Crippen molar-refractivity contribution in [3.8, 4) is 5.75 Å². The molecule has 0 aliphatic heterocycles. The van der Waals surface area contributed by atoms with Gasteiger partial charge in [0.1, 0.15) is 12.4 Å². The molecule has 118 valence electrons. The molecule has 0 atom stereocenters. The highest BCUT2D eigenvalue weighted by molar-refractivity contribution is 6.06. The number of benzene rings is 2. The molecule has 24 heavy (non-hydrogen) atoms. The molecular formula is C21H17NO2. The quantitative estimate of drug-likeness (QED) is 0.494. The molecule has 0 fully saturated rings. The molecule has 0 aliphatic rings. The van der Waals surface area contributed by atoms with Gasteiger partial charge >= 0.3 is 0 Å². The molecule has 0 spiro atoms. The average Bonchev–Trinajstić information content (AvgIpc) is 2.67. The van der Waals surface area contributed by atoms with Gasteiger partial charge in [-0.15, -0.1) is 0 Å². The highest BCUT2D eigenvalue weighted by Gasteiger charge is 2.00. The van der Waals surface area contributed by atoms with Crippen molar-refractivity contribution in [3.63, 3.8) is 0 Å². The Morgan fingerprint density at radius 3 is 2.33 bits per heavy atom. The molecule has 1 aromatic heterocycles. The first kappa shape index (κ1) is 15.7. The first-order valence-corrected chi connectivity index (χ1v) is 7.70. The van der Waals surface area contributed by atoms with Gasteiger partial charge < -0.3 is 4.74 Å². The second-order valence-electron chi connectivity index (χ2n) is 5.28. The molecule has 0 saturated heterocycles. The topological polar surface area (TPSA) is 39.2 Å². The van der Waals surface area contributed by atoms with Gasteiger partial charge in [-0.25, -0.2) is 0 Å². The summed E-state index contributed by atoms with van der Waals surface area (Å²) in [6.07, 6.45) is 6.58. The molecule has 0 N–H and O–H groups in total. The van der Waals surface area contributed by atoms with Crippen molar-refractivity contribution in [1.82, 2.24) is 4.98 Å². The Hall–Kier alpha value is -3.20. The normalized spacial score (nSPS) is 10.7. The lowest BCUT2D eigenvalue weighted by Crippen LogP contribution is -1.95. The van der Waals surface area contributed by atoms with E-state index in [0.717, 1.165) is 16.9 Å². The van der Waals surface area contributed by atoms with Crippen LogP contribution in [0.15, 0.2) is 85.2 Å². The summed E-state index contributed by atoms with van der Waals surface area (Å²) >= 11 is 0. The first-order chi connectivity index (χ1) is 11.8. The highest BCUT2D eigenvalue weighted by atomic mass is 16.5. The van der Waals surface area contributed by atoms with Gasteiger partial charge in [0.15, 0.2) is 5.78 Å². The molecule has 2 aromatic carbocycles. The number of pyridine rings is 1. The van der Waals surface area contributed by atoms with Crippen molar-refractivity contribution in [2.24, 2.45) is 0 Å². The molecule has 1 heterocycles. The number of ketones is 1. The van der Waals surface area contributed by atoms with E-state index in [9.17, 15) is 4.79 Å². The van der Waals surface area contributed by atoms with Crippen LogP contribution in [0.2, 0.25) is 0 Å². The number of hydrogen-bond donors (Lipinski definition) is 0. The first-order valence-electron chi connectivity index (χ1n) is 7.70. The van der Waals surface area contributed by atoms with Crippen LogP contribution in [0.3, 0.4) is 0 Å². The van der Waals surface area contributed by atoms with Crippen LogP contribution >= 0.6 is 0 Å². The monoisotopic (exact) mass is 315 g/mol. The molecule has 0 bridgehead atoms. The molecule has 3 aromatic rings. The van der Waals surface area contributed by atoms with Gasteiger partial charge in [0, 0.05) is 18.0 Å². The van der Waals surface area contributed by atoms with Crippen LogP contribution in [0.1, 0.15) is 21.5 Å². The Kier molecular flexibility index (Phi) is 5.15. The minimum absolute atomic E-state index is 0.0400. The molecule has 0 aliphatic carbocycles. The third kappa shape index (κ3) is 4.40. The van der Waals surface area contributed by atoms with E-state index >= 15 is 0 Å². The number of carbonyl (C=O) groups is 1. The van der Waals surface area contributed by atoms with Gasteiger partial charge in [-0.3, -0.25) is 9.78 Å². The largest absolute Gasteiger partial charge is 0.489 e. The van der Waals surface area contributed by atoms with E-state index in [1.165, 1.54) is 0 Å². The van der Waals surface area contributed by atoms with E-state index < -0.39 is 0 Å². The Morgan fingerprint density at radius 1 is 0.917 bits per heavy atom. The van der Waals surface area contributed by atoms with Crippen molar-refractivity contribution < 1.29 is 9.53 Å². The van der Waals surface area contributed by atoms with E-state index in [0.29, 0.717) is 12.2 Å². The number of nitrogens with zero attached hydrogens (tertiary/aromatic N) is 1. The van der Waals surface area contributed by atoms with Gasteiger partial charge in [-0.1, -0.05) is 48.5 Å². The van der Waals surface area contributed by atoms with Gasteiger partial charge in [-0.05, 0) is 41.5 Å². The van der Waals surface area contributed by atoms with Crippen LogP contribution in [-0.2, 0) is 6.61 Å². The minimum Gasteiger partial charge on any atom is -0.489 e. The lowest BCUT2D eigenvalue weighted by atomic mass is 10.1. The lowest BCUT2D eigenvalue weighted by molar-refractivity contribution is 0.104. The predicted octanol–water partition coefficient (Wildman–Crippen LogP) is 4.56. The molecule has 0 saturated carbocycles. The maximum atomic E-state index is 12.0. The molecule has 3 heteroatoms. The number of aromatic nitrogens is 1. The summed E-state index contributed by atoms with van der Waals surface area (Å²) in [4.78, 5) is 15.9. The Bertz CT molecular complexity index is 809. The van der Waals surface area contributed by atoms with Crippen molar-refractivity contribution in [3.05, 3.63) is 102 Å². The van der Waals surface area contributed by atoms with Crippen LogP contribution < -0.4 is 4.74 Å². The Labute approximate surface area is 141 Å².